The first-order valence-electron chi connectivity index (χ1n) is 5.55. The Morgan fingerprint density at radius 2 is 2.24 bits per heavy atom. The Labute approximate surface area is 114 Å². The van der Waals surface area contributed by atoms with E-state index in [4.69, 9.17) is 0 Å². The largest absolute Gasteiger partial charge is 0.390 e. The summed E-state index contributed by atoms with van der Waals surface area (Å²) in [5, 5.41) is 13.0. The zero-order valence-electron chi connectivity index (χ0n) is 10.3. The SMILES string of the molecule is Cc1ncc(I)c(=O)n1CC(O)CNC(C)C. The van der Waals surface area contributed by atoms with Crippen LogP contribution in [0.5, 0.6) is 0 Å². The van der Waals surface area contributed by atoms with Crippen LogP contribution in [0.4, 0.5) is 0 Å². The van der Waals surface area contributed by atoms with E-state index in [2.05, 4.69) is 10.3 Å². The van der Waals surface area contributed by atoms with Crippen LogP contribution < -0.4 is 10.9 Å². The molecule has 0 amide bonds. The summed E-state index contributed by atoms with van der Waals surface area (Å²) in [5.74, 6) is 0.624. The zero-order valence-corrected chi connectivity index (χ0v) is 12.4. The van der Waals surface area contributed by atoms with Gasteiger partial charge in [0.2, 0.25) is 0 Å². The summed E-state index contributed by atoms with van der Waals surface area (Å²) in [5.41, 5.74) is -0.0957. The van der Waals surface area contributed by atoms with E-state index >= 15 is 0 Å². The summed E-state index contributed by atoms with van der Waals surface area (Å²) in [6.07, 6.45) is 0.960. The van der Waals surface area contributed by atoms with Crippen LogP contribution in [-0.2, 0) is 6.54 Å². The minimum Gasteiger partial charge on any atom is -0.390 e. The van der Waals surface area contributed by atoms with E-state index in [1.807, 2.05) is 36.4 Å². The molecule has 1 aromatic rings. The lowest BCUT2D eigenvalue weighted by molar-refractivity contribution is 0.146. The van der Waals surface area contributed by atoms with Crippen molar-refractivity contribution in [1.29, 1.82) is 0 Å². The van der Waals surface area contributed by atoms with Crippen molar-refractivity contribution in [2.45, 2.75) is 39.5 Å². The molecule has 1 aromatic heterocycles. The van der Waals surface area contributed by atoms with E-state index < -0.39 is 6.10 Å². The van der Waals surface area contributed by atoms with Crippen LogP contribution in [-0.4, -0.2) is 33.3 Å². The van der Waals surface area contributed by atoms with Gasteiger partial charge in [-0.2, -0.15) is 0 Å². The molecule has 0 bridgehead atoms. The van der Waals surface area contributed by atoms with Gasteiger partial charge in [0.05, 0.1) is 16.2 Å². The molecule has 0 aliphatic heterocycles. The van der Waals surface area contributed by atoms with Gasteiger partial charge in [-0.1, -0.05) is 13.8 Å². The summed E-state index contributed by atoms with van der Waals surface area (Å²) in [6.45, 7) is 6.53. The first-order valence-corrected chi connectivity index (χ1v) is 6.63. The Kier molecular flexibility index (Phi) is 5.54. The fraction of sp³-hybridized carbons (Fsp3) is 0.636. The fourth-order valence-electron chi connectivity index (χ4n) is 1.41. The highest BCUT2D eigenvalue weighted by Crippen LogP contribution is 1.99. The number of nitrogens with zero attached hydrogens (tertiary/aromatic N) is 2. The molecule has 1 unspecified atom stereocenters. The Balaban J connectivity index is 2.74. The molecule has 0 radical (unpaired) electrons. The smallest absolute Gasteiger partial charge is 0.267 e. The standard InChI is InChI=1S/C11H18IN3O2/c1-7(2)13-4-9(16)6-15-8(3)14-5-10(12)11(15)17/h5,7,9,13,16H,4,6H2,1-3H3. The van der Waals surface area contributed by atoms with Crippen LogP contribution in [0.15, 0.2) is 11.0 Å². The first kappa shape index (κ1) is 14.6. The number of aryl methyl sites for hydroxylation is 1. The number of aromatic nitrogens is 2. The maximum Gasteiger partial charge on any atom is 0.267 e. The second-order valence-corrected chi connectivity index (χ2v) is 5.45. The summed E-state index contributed by atoms with van der Waals surface area (Å²) in [6, 6.07) is 0.316. The molecular weight excluding hydrogens is 333 g/mol. The summed E-state index contributed by atoms with van der Waals surface area (Å²) >= 11 is 1.95. The highest BCUT2D eigenvalue weighted by molar-refractivity contribution is 14.1. The van der Waals surface area contributed by atoms with Crippen molar-refractivity contribution in [1.82, 2.24) is 14.9 Å². The summed E-state index contributed by atoms with van der Waals surface area (Å²) in [4.78, 5) is 16.0. The lowest BCUT2D eigenvalue weighted by Gasteiger charge is -2.16. The molecule has 5 nitrogen and oxygen atoms in total. The molecule has 0 saturated carbocycles. The molecule has 6 heteroatoms. The van der Waals surface area contributed by atoms with Gasteiger partial charge in [-0.05, 0) is 29.5 Å². The number of halogens is 1. The predicted molar refractivity (Wildman–Crippen MR) is 75.1 cm³/mol. The molecule has 0 aromatic carbocycles. The third kappa shape index (κ3) is 4.36. The van der Waals surface area contributed by atoms with Crippen molar-refractivity contribution in [3.63, 3.8) is 0 Å². The molecule has 1 rings (SSSR count). The van der Waals surface area contributed by atoms with Gasteiger partial charge in [0, 0.05) is 18.8 Å². The second kappa shape index (κ2) is 6.46. The van der Waals surface area contributed by atoms with E-state index in [0.29, 0.717) is 22.0 Å². The van der Waals surface area contributed by atoms with Crippen molar-refractivity contribution < 1.29 is 5.11 Å². The van der Waals surface area contributed by atoms with Crippen molar-refractivity contribution in [2.24, 2.45) is 0 Å². The highest BCUT2D eigenvalue weighted by Gasteiger charge is 2.11. The van der Waals surface area contributed by atoms with E-state index in [0.717, 1.165) is 0 Å². The van der Waals surface area contributed by atoms with Gasteiger partial charge >= 0.3 is 0 Å². The second-order valence-electron chi connectivity index (χ2n) is 4.29. The number of aliphatic hydroxyl groups excluding tert-OH is 1. The molecule has 0 aliphatic rings. The third-order valence-electron chi connectivity index (χ3n) is 2.36. The summed E-state index contributed by atoms with van der Waals surface area (Å²) < 4.78 is 2.08. The van der Waals surface area contributed by atoms with Crippen LogP contribution in [0, 0.1) is 10.5 Å². The van der Waals surface area contributed by atoms with Gasteiger partial charge in [-0.25, -0.2) is 4.98 Å². The quantitative estimate of drug-likeness (QED) is 0.759. The number of hydrogen-bond donors (Lipinski definition) is 2. The minimum atomic E-state index is -0.589. The maximum absolute atomic E-state index is 11.8. The van der Waals surface area contributed by atoms with Crippen LogP contribution in [0.25, 0.3) is 0 Å². The summed E-state index contributed by atoms with van der Waals surface area (Å²) in [7, 11) is 0. The molecule has 17 heavy (non-hydrogen) atoms. The zero-order chi connectivity index (χ0) is 13.0. The van der Waals surface area contributed by atoms with Crippen molar-refractivity contribution in [2.75, 3.05) is 6.54 Å². The van der Waals surface area contributed by atoms with E-state index in [1.54, 1.807) is 13.1 Å². The van der Waals surface area contributed by atoms with Gasteiger partial charge in [-0.3, -0.25) is 9.36 Å². The van der Waals surface area contributed by atoms with Crippen LogP contribution >= 0.6 is 22.6 Å². The van der Waals surface area contributed by atoms with Gasteiger partial charge in [-0.15, -0.1) is 0 Å². The molecule has 0 aliphatic carbocycles. The van der Waals surface area contributed by atoms with Gasteiger partial charge in [0.15, 0.2) is 0 Å². The molecular formula is C11H18IN3O2. The van der Waals surface area contributed by atoms with Crippen LogP contribution in [0.1, 0.15) is 19.7 Å². The lowest BCUT2D eigenvalue weighted by atomic mass is 10.3. The van der Waals surface area contributed by atoms with Gasteiger partial charge in [0.1, 0.15) is 5.82 Å². The van der Waals surface area contributed by atoms with Crippen molar-refractivity contribution >= 4 is 22.6 Å². The fourth-order valence-corrected chi connectivity index (χ4v) is 1.84. The lowest BCUT2D eigenvalue weighted by Crippen LogP contribution is -2.38. The number of rotatable bonds is 5. The maximum atomic E-state index is 11.8. The van der Waals surface area contributed by atoms with Gasteiger partial charge < -0.3 is 10.4 Å². The molecule has 1 heterocycles. The molecule has 0 spiro atoms. The van der Waals surface area contributed by atoms with Gasteiger partial charge in [0.25, 0.3) is 5.56 Å². The molecule has 2 N–H and O–H groups in total. The Morgan fingerprint density at radius 1 is 1.59 bits per heavy atom. The Bertz CT molecular complexity index is 431. The average molecular weight is 351 g/mol. The first-order chi connectivity index (χ1) is 7.91. The van der Waals surface area contributed by atoms with Crippen LogP contribution in [0.2, 0.25) is 0 Å². The third-order valence-corrected chi connectivity index (χ3v) is 3.10. The number of aliphatic hydroxyl groups is 1. The topological polar surface area (TPSA) is 67.2 Å². The Morgan fingerprint density at radius 3 is 2.82 bits per heavy atom. The van der Waals surface area contributed by atoms with E-state index in [-0.39, 0.29) is 12.1 Å². The van der Waals surface area contributed by atoms with Crippen molar-refractivity contribution in [3.8, 4) is 0 Å². The predicted octanol–water partition coefficient (Wildman–Crippen LogP) is 0.515. The number of nitrogens with one attached hydrogen (secondary N) is 1. The highest BCUT2D eigenvalue weighted by atomic mass is 127. The van der Waals surface area contributed by atoms with Crippen LogP contribution in [0.3, 0.4) is 0 Å². The molecule has 96 valence electrons. The number of hydrogen-bond acceptors (Lipinski definition) is 4. The van der Waals surface area contributed by atoms with E-state index in [9.17, 15) is 9.90 Å². The monoisotopic (exact) mass is 351 g/mol. The van der Waals surface area contributed by atoms with E-state index in [1.165, 1.54) is 4.57 Å². The minimum absolute atomic E-state index is 0.0957. The molecule has 1 atom stereocenters. The normalized spacial score (nSPS) is 13.1. The average Bonchev–Trinajstić information content (AvgIpc) is 2.27. The molecule has 0 saturated heterocycles. The van der Waals surface area contributed by atoms with Crippen molar-refractivity contribution in [3.05, 3.63) is 25.9 Å². The Hall–Kier alpha value is -0.470. The molecule has 0 fully saturated rings.